The minimum Gasteiger partial charge on any atom is -0.351 e. The molecule has 5 nitrogen and oxygen atoms in total. The first kappa shape index (κ1) is 17.0. The molecule has 1 saturated heterocycles. The fourth-order valence-electron chi connectivity index (χ4n) is 2.87. The summed E-state index contributed by atoms with van der Waals surface area (Å²) in [5, 5.41) is 2.76. The molecule has 1 atom stereocenters. The summed E-state index contributed by atoms with van der Waals surface area (Å²) in [6, 6.07) is 6.65. The minimum atomic E-state index is -0.794. The second-order valence-electron chi connectivity index (χ2n) is 5.90. The number of nitrogens with zero attached hydrogens (tertiary/aromatic N) is 2. The van der Waals surface area contributed by atoms with Gasteiger partial charge in [0.1, 0.15) is 17.3 Å². The molecule has 7 heteroatoms. The molecule has 130 valence electrons. The Morgan fingerprint density at radius 1 is 1.20 bits per heavy atom. The van der Waals surface area contributed by atoms with E-state index < -0.39 is 23.6 Å². The molecule has 2 aromatic rings. The topological polar surface area (TPSA) is 62.3 Å². The molecule has 0 saturated carbocycles. The highest BCUT2D eigenvalue weighted by Crippen LogP contribution is 2.27. The number of carbonyl (C=O) groups excluding carboxylic acids is 2. The zero-order chi connectivity index (χ0) is 17.8. The summed E-state index contributed by atoms with van der Waals surface area (Å²) in [6.45, 7) is 0.0533. The van der Waals surface area contributed by atoms with Crippen LogP contribution in [0.1, 0.15) is 18.4 Å². The van der Waals surface area contributed by atoms with Crippen LogP contribution in [-0.4, -0.2) is 29.4 Å². The predicted octanol–water partition coefficient (Wildman–Crippen LogP) is 2.21. The standard InChI is InChI=1S/C18H17F2N3O2/c19-14-2-1-3-15(20)18(14)23-11-13(10-17(23)25)22-16(24)5-4-12-6-8-21-9-7-12/h1-3,6-9,13H,4-5,10-11H2,(H,22,24)/t13-/m1/s1. The van der Waals surface area contributed by atoms with E-state index >= 15 is 0 Å². The largest absolute Gasteiger partial charge is 0.351 e. The van der Waals surface area contributed by atoms with Gasteiger partial charge < -0.3 is 10.2 Å². The second kappa shape index (κ2) is 7.38. The van der Waals surface area contributed by atoms with E-state index in [4.69, 9.17) is 0 Å². The number of aryl methyl sites for hydroxylation is 1. The van der Waals surface area contributed by atoms with Crippen molar-refractivity contribution in [1.29, 1.82) is 0 Å². The quantitative estimate of drug-likeness (QED) is 0.904. The maximum absolute atomic E-state index is 13.8. The third kappa shape index (κ3) is 3.99. The highest BCUT2D eigenvalue weighted by Gasteiger charge is 2.34. The molecule has 0 spiro atoms. The molecule has 0 bridgehead atoms. The van der Waals surface area contributed by atoms with Crippen LogP contribution in [0, 0.1) is 11.6 Å². The molecule has 1 aromatic heterocycles. The molecule has 0 radical (unpaired) electrons. The third-order valence-electron chi connectivity index (χ3n) is 4.09. The molecule has 1 N–H and O–H groups in total. The average molecular weight is 345 g/mol. The molecule has 1 aliphatic rings. The van der Waals surface area contributed by atoms with Gasteiger partial charge in [-0.15, -0.1) is 0 Å². The van der Waals surface area contributed by atoms with E-state index in [0.717, 1.165) is 22.6 Å². The highest BCUT2D eigenvalue weighted by atomic mass is 19.1. The number of rotatable bonds is 5. The molecule has 2 amide bonds. The highest BCUT2D eigenvalue weighted by molar-refractivity contribution is 5.97. The summed E-state index contributed by atoms with van der Waals surface area (Å²) >= 11 is 0. The van der Waals surface area contributed by atoms with E-state index in [0.29, 0.717) is 6.42 Å². The van der Waals surface area contributed by atoms with Gasteiger partial charge in [-0.05, 0) is 36.2 Å². The van der Waals surface area contributed by atoms with Crippen LogP contribution in [0.3, 0.4) is 0 Å². The van der Waals surface area contributed by atoms with Crippen molar-refractivity contribution < 1.29 is 18.4 Å². The van der Waals surface area contributed by atoms with E-state index in [9.17, 15) is 18.4 Å². The average Bonchev–Trinajstić information content (AvgIpc) is 2.94. The van der Waals surface area contributed by atoms with Gasteiger partial charge in [0, 0.05) is 31.8 Å². The smallest absolute Gasteiger partial charge is 0.229 e. The number of aromatic nitrogens is 1. The summed E-state index contributed by atoms with van der Waals surface area (Å²) in [5.74, 6) is -2.20. The lowest BCUT2D eigenvalue weighted by Gasteiger charge is -2.18. The zero-order valence-electron chi connectivity index (χ0n) is 13.4. The maximum atomic E-state index is 13.8. The molecule has 2 heterocycles. The Bertz CT molecular complexity index is 763. The van der Waals surface area contributed by atoms with Gasteiger partial charge in [0.05, 0.1) is 6.04 Å². The number of anilines is 1. The molecular weight excluding hydrogens is 328 g/mol. The number of pyridine rings is 1. The van der Waals surface area contributed by atoms with E-state index in [2.05, 4.69) is 10.3 Å². The fraction of sp³-hybridized carbons (Fsp3) is 0.278. The molecule has 3 rings (SSSR count). The van der Waals surface area contributed by atoms with Gasteiger partial charge in [0.2, 0.25) is 11.8 Å². The minimum absolute atomic E-state index is 0.0226. The Hall–Kier alpha value is -2.83. The van der Waals surface area contributed by atoms with Crippen LogP contribution < -0.4 is 10.2 Å². The van der Waals surface area contributed by atoms with Crippen LogP contribution in [0.5, 0.6) is 0 Å². The predicted molar refractivity (Wildman–Crippen MR) is 87.8 cm³/mol. The van der Waals surface area contributed by atoms with Gasteiger partial charge >= 0.3 is 0 Å². The molecule has 25 heavy (non-hydrogen) atoms. The Morgan fingerprint density at radius 2 is 1.88 bits per heavy atom. The Kier molecular flexibility index (Phi) is 5.02. The first-order valence-corrected chi connectivity index (χ1v) is 7.97. The van der Waals surface area contributed by atoms with Crippen LogP contribution >= 0.6 is 0 Å². The summed E-state index contributed by atoms with van der Waals surface area (Å²) in [4.78, 5) is 29.1. The fourth-order valence-corrected chi connectivity index (χ4v) is 2.87. The van der Waals surface area contributed by atoms with E-state index in [1.165, 1.54) is 6.07 Å². The van der Waals surface area contributed by atoms with Gasteiger partial charge in [0.15, 0.2) is 0 Å². The van der Waals surface area contributed by atoms with Crippen molar-refractivity contribution in [2.24, 2.45) is 0 Å². The summed E-state index contributed by atoms with van der Waals surface area (Å²) in [7, 11) is 0. The van der Waals surface area contributed by atoms with Gasteiger partial charge in [0.25, 0.3) is 0 Å². The Morgan fingerprint density at radius 3 is 2.56 bits per heavy atom. The van der Waals surface area contributed by atoms with Gasteiger partial charge in [-0.2, -0.15) is 0 Å². The van der Waals surface area contributed by atoms with Crippen molar-refractivity contribution in [2.75, 3.05) is 11.4 Å². The van der Waals surface area contributed by atoms with Crippen LogP contribution in [0.2, 0.25) is 0 Å². The van der Waals surface area contributed by atoms with Crippen molar-refractivity contribution in [1.82, 2.24) is 10.3 Å². The number of nitrogens with one attached hydrogen (secondary N) is 1. The van der Waals surface area contributed by atoms with Gasteiger partial charge in [-0.3, -0.25) is 14.6 Å². The summed E-state index contributed by atoms with van der Waals surface area (Å²) < 4.78 is 27.7. The molecule has 1 aliphatic heterocycles. The molecule has 1 fully saturated rings. The van der Waals surface area contributed by atoms with Crippen LogP contribution in [0.4, 0.5) is 14.5 Å². The molecule has 0 unspecified atom stereocenters. The number of halogens is 2. The summed E-state index contributed by atoms with van der Waals surface area (Å²) in [5.41, 5.74) is 0.628. The Labute approximate surface area is 143 Å². The lowest BCUT2D eigenvalue weighted by molar-refractivity contribution is -0.121. The van der Waals surface area contributed by atoms with Crippen molar-refractivity contribution in [3.05, 3.63) is 59.9 Å². The molecule has 1 aromatic carbocycles. The van der Waals surface area contributed by atoms with Gasteiger partial charge in [-0.1, -0.05) is 6.07 Å². The molecule has 0 aliphatic carbocycles. The third-order valence-corrected chi connectivity index (χ3v) is 4.09. The normalized spacial score (nSPS) is 17.0. The van der Waals surface area contributed by atoms with Crippen LogP contribution in [0.15, 0.2) is 42.7 Å². The van der Waals surface area contributed by atoms with Crippen molar-refractivity contribution in [3.63, 3.8) is 0 Å². The first-order valence-electron chi connectivity index (χ1n) is 7.97. The van der Waals surface area contributed by atoms with Crippen molar-refractivity contribution in [2.45, 2.75) is 25.3 Å². The first-order chi connectivity index (χ1) is 12.0. The van der Waals surface area contributed by atoms with Gasteiger partial charge in [-0.25, -0.2) is 8.78 Å². The number of carbonyl (C=O) groups is 2. The lowest BCUT2D eigenvalue weighted by Crippen LogP contribution is -2.37. The number of para-hydroxylation sites is 1. The van der Waals surface area contributed by atoms with Crippen LogP contribution in [-0.2, 0) is 16.0 Å². The van der Waals surface area contributed by atoms with Crippen molar-refractivity contribution in [3.8, 4) is 0 Å². The zero-order valence-corrected chi connectivity index (χ0v) is 13.4. The SMILES string of the molecule is O=C(CCc1ccncc1)N[C@@H]1CC(=O)N(c2c(F)cccc2F)C1. The summed E-state index contributed by atoms with van der Waals surface area (Å²) in [6.07, 6.45) is 4.16. The number of hydrogen-bond acceptors (Lipinski definition) is 3. The monoisotopic (exact) mass is 345 g/mol. The van der Waals surface area contributed by atoms with Crippen LogP contribution in [0.25, 0.3) is 0 Å². The Balaban J connectivity index is 1.58. The lowest BCUT2D eigenvalue weighted by atomic mass is 10.1. The van der Waals surface area contributed by atoms with E-state index in [1.807, 2.05) is 12.1 Å². The number of hydrogen-bond donors (Lipinski definition) is 1. The molecular formula is C18H17F2N3O2. The van der Waals surface area contributed by atoms with E-state index in [-0.39, 0.29) is 31.0 Å². The second-order valence-corrected chi connectivity index (χ2v) is 5.90. The maximum Gasteiger partial charge on any atom is 0.229 e. The number of benzene rings is 1. The van der Waals surface area contributed by atoms with Crippen molar-refractivity contribution >= 4 is 17.5 Å². The van der Waals surface area contributed by atoms with E-state index in [1.54, 1.807) is 12.4 Å². The number of amides is 2.